The average Bonchev–Trinajstić information content (AvgIpc) is 3.52. The number of hydrogen-bond acceptors (Lipinski definition) is 6. The van der Waals surface area contributed by atoms with Crippen LogP contribution in [-0.2, 0) is 14.8 Å². The molecule has 1 unspecified atom stereocenters. The highest BCUT2D eigenvalue weighted by molar-refractivity contribution is 7.89. The molecule has 0 spiro atoms. The van der Waals surface area contributed by atoms with Crippen LogP contribution in [-0.4, -0.2) is 46.0 Å². The van der Waals surface area contributed by atoms with E-state index >= 15 is 0 Å². The van der Waals surface area contributed by atoms with Crippen molar-refractivity contribution in [2.75, 3.05) is 11.9 Å². The molecule has 0 saturated carbocycles. The first-order valence-corrected chi connectivity index (χ1v) is 12.7. The lowest BCUT2D eigenvalue weighted by molar-refractivity contribution is -0.119. The fraction of sp³-hybridized carbons (Fsp3) is 0.227. The molecule has 1 saturated heterocycles. The van der Waals surface area contributed by atoms with Crippen LogP contribution in [0, 0.1) is 18.6 Å². The summed E-state index contributed by atoms with van der Waals surface area (Å²) in [6.07, 6.45) is 0.861. The minimum absolute atomic E-state index is 0.0730. The molecule has 8 nitrogen and oxygen atoms in total. The van der Waals surface area contributed by atoms with Crippen molar-refractivity contribution < 1.29 is 22.0 Å². The van der Waals surface area contributed by atoms with Crippen LogP contribution in [0.4, 0.5) is 14.6 Å². The fourth-order valence-electron chi connectivity index (χ4n) is 3.95. The van der Waals surface area contributed by atoms with Gasteiger partial charge in [-0.2, -0.15) is 14.1 Å². The van der Waals surface area contributed by atoms with E-state index in [2.05, 4.69) is 15.4 Å². The van der Waals surface area contributed by atoms with Crippen molar-refractivity contribution in [1.82, 2.24) is 19.1 Å². The third kappa shape index (κ3) is 4.08. The first-order valence-electron chi connectivity index (χ1n) is 10.4. The number of carbonyl (C=O) groups is 1. The van der Waals surface area contributed by atoms with Crippen LogP contribution in [0.1, 0.15) is 18.5 Å². The van der Waals surface area contributed by atoms with Gasteiger partial charge in [-0.25, -0.2) is 22.2 Å². The van der Waals surface area contributed by atoms with E-state index in [0.717, 1.165) is 16.4 Å². The van der Waals surface area contributed by atoms with Crippen LogP contribution < -0.4 is 5.32 Å². The van der Waals surface area contributed by atoms with Crippen LogP contribution in [0.3, 0.4) is 0 Å². The van der Waals surface area contributed by atoms with Gasteiger partial charge in [0.15, 0.2) is 0 Å². The van der Waals surface area contributed by atoms with Gasteiger partial charge in [-0.3, -0.25) is 4.79 Å². The Morgan fingerprint density at radius 3 is 2.62 bits per heavy atom. The van der Waals surface area contributed by atoms with E-state index in [1.54, 1.807) is 19.1 Å². The zero-order valence-corrected chi connectivity index (χ0v) is 19.5. The number of thiazole rings is 1. The molecule has 1 N–H and O–H groups in total. The maximum Gasteiger partial charge on any atom is 0.243 e. The van der Waals surface area contributed by atoms with Gasteiger partial charge in [0.25, 0.3) is 0 Å². The lowest BCUT2D eigenvalue weighted by Gasteiger charge is -2.23. The molecule has 1 aliphatic rings. The molecule has 12 heteroatoms. The maximum atomic E-state index is 13.6. The zero-order valence-electron chi connectivity index (χ0n) is 17.9. The van der Waals surface area contributed by atoms with Crippen LogP contribution >= 0.6 is 11.3 Å². The second-order valence-electron chi connectivity index (χ2n) is 7.91. The number of rotatable bonds is 5. The lowest BCUT2D eigenvalue weighted by atomic mass is 10.2. The summed E-state index contributed by atoms with van der Waals surface area (Å²) in [7, 11) is -3.98. The molecule has 0 bridgehead atoms. The molecule has 5 rings (SSSR count). The smallest absolute Gasteiger partial charge is 0.243 e. The molecule has 4 aromatic rings. The normalized spacial score (nSPS) is 16.9. The van der Waals surface area contributed by atoms with Crippen LogP contribution in [0.25, 0.3) is 15.3 Å². The highest BCUT2D eigenvalue weighted by Gasteiger charge is 2.39. The molecule has 1 amide bonds. The highest BCUT2D eigenvalue weighted by atomic mass is 32.2. The Kier molecular flexibility index (Phi) is 5.66. The van der Waals surface area contributed by atoms with Crippen LogP contribution in [0.2, 0.25) is 0 Å². The predicted octanol–water partition coefficient (Wildman–Crippen LogP) is 3.86. The SMILES string of the molecule is Cc1cc(NC(=O)C2CCCN2S(=O)(=O)c2ccc(F)cc2)n(-c2nc3ccc(F)cc3s2)n1. The number of halogens is 2. The van der Waals surface area contributed by atoms with E-state index in [4.69, 9.17) is 0 Å². The maximum absolute atomic E-state index is 13.6. The first kappa shape index (κ1) is 22.6. The van der Waals surface area contributed by atoms with E-state index in [-0.39, 0.29) is 17.3 Å². The summed E-state index contributed by atoms with van der Waals surface area (Å²) >= 11 is 1.22. The third-order valence-electron chi connectivity index (χ3n) is 5.53. The molecular formula is C22H19F2N5O3S2. The molecule has 0 radical (unpaired) electrons. The Bertz CT molecular complexity index is 1500. The van der Waals surface area contributed by atoms with Crippen molar-refractivity contribution in [3.63, 3.8) is 0 Å². The monoisotopic (exact) mass is 503 g/mol. The zero-order chi connectivity index (χ0) is 24.0. The van der Waals surface area contributed by atoms with E-state index in [1.807, 2.05) is 0 Å². The average molecular weight is 504 g/mol. The molecule has 2 aromatic carbocycles. The minimum Gasteiger partial charge on any atom is -0.309 e. The van der Waals surface area contributed by atoms with Crippen molar-refractivity contribution in [2.24, 2.45) is 0 Å². The third-order valence-corrected chi connectivity index (χ3v) is 8.45. The van der Waals surface area contributed by atoms with Gasteiger partial charge in [0.1, 0.15) is 23.5 Å². The Labute approximate surface area is 197 Å². The molecule has 1 aliphatic heterocycles. The molecule has 0 aliphatic carbocycles. The molecule has 1 fully saturated rings. The second kappa shape index (κ2) is 8.53. The molecule has 176 valence electrons. The molecule has 2 aromatic heterocycles. The number of benzene rings is 2. The predicted molar refractivity (Wildman–Crippen MR) is 123 cm³/mol. The number of amides is 1. The molecule has 1 atom stereocenters. The summed E-state index contributed by atoms with van der Waals surface area (Å²) in [6, 6.07) is 9.50. The van der Waals surface area contributed by atoms with Gasteiger partial charge >= 0.3 is 0 Å². The van der Waals surface area contributed by atoms with Crippen molar-refractivity contribution in [3.8, 4) is 5.13 Å². The lowest BCUT2D eigenvalue weighted by Crippen LogP contribution is -2.43. The van der Waals surface area contributed by atoms with E-state index < -0.39 is 27.8 Å². The first-order chi connectivity index (χ1) is 16.2. The molecule has 3 heterocycles. The topological polar surface area (TPSA) is 97.2 Å². The largest absolute Gasteiger partial charge is 0.309 e. The van der Waals surface area contributed by atoms with Gasteiger partial charge in [0.2, 0.25) is 21.1 Å². The standard InChI is InChI=1S/C22H19F2N5O3S2/c1-13-11-20(29(27-13)22-25-17-9-6-15(24)12-19(17)33-22)26-21(30)18-3-2-10-28(18)34(31,32)16-7-4-14(23)5-8-16/h4-9,11-12,18H,2-3,10H2,1H3,(H,26,30). The van der Waals surface area contributed by atoms with Gasteiger partial charge in [-0.05, 0) is 62.2 Å². The number of nitrogens with one attached hydrogen (secondary N) is 1. The summed E-state index contributed by atoms with van der Waals surface area (Å²) in [5.41, 5.74) is 1.21. The molecule has 34 heavy (non-hydrogen) atoms. The Morgan fingerprint density at radius 1 is 1.12 bits per heavy atom. The van der Waals surface area contributed by atoms with Crippen molar-refractivity contribution >= 4 is 43.3 Å². The van der Waals surface area contributed by atoms with Gasteiger partial charge < -0.3 is 5.32 Å². The number of hydrogen-bond donors (Lipinski definition) is 1. The number of fused-ring (bicyclic) bond motifs is 1. The van der Waals surface area contributed by atoms with Crippen molar-refractivity contribution in [2.45, 2.75) is 30.7 Å². The van der Waals surface area contributed by atoms with Gasteiger partial charge in [-0.15, -0.1) is 0 Å². The number of nitrogens with zero attached hydrogens (tertiary/aromatic N) is 4. The highest BCUT2D eigenvalue weighted by Crippen LogP contribution is 2.30. The molecular weight excluding hydrogens is 484 g/mol. The summed E-state index contributed by atoms with van der Waals surface area (Å²) < 4.78 is 56.3. The van der Waals surface area contributed by atoms with Gasteiger partial charge in [0, 0.05) is 12.6 Å². The fourth-order valence-corrected chi connectivity index (χ4v) is 6.57. The van der Waals surface area contributed by atoms with Crippen LogP contribution in [0.5, 0.6) is 0 Å². The van der Waals surface area contributed by atoms with Gasteiger partial charge in [0.05, 0.1) is 20.8 Å². The van der Waals surface area contributed by atoms with Crippen molar-refractivity contribution in [3.05, 3.63) is 65.9 Å². The van der Waals surface area contributed by atoms with E-state index in [1.165, 1.54) is 40.3 Å². The number of anilines is 1. The number of sulfonamides is 1. The van der Waals surface area contributed by atoms with E-state index in [0.29, 0.717) is 39.7 Å². The summed E-state index contributed by atoms with van der Waals surface area (Å²) in [5, 5.41) is 7.61. The Balaban J connectivity index is 1.42. The number of aryl methyl sites for hydroxylation is 1. The minimum atomic E-state index is -3.98. The summed E-state index contributed by atoms with van der Waals surface area (Å²) in [4.78, 5) is 17.6. The van der Waals surface area contributed by atoms with E-state index in [9.17, 15) is 22.0 Å². The number of carbonyl (C=O) groups excluding carboxylic acids is 1. The van der Waals surface area contributed by atoms with Crippen molar-refractivity contribution in [1.29, 1.82) is 0 Å². The quantitative estimate of drug-likeness (QED) is 0.446. The van der Waals surface area contributed by atoms with Gasteiger partial charge in [-0.1, -0.05) is 11.3 Å². The Morgan fingerprint density at radius 2 is 1.85 bits per heavy atom. The summed E-state index contributed by atoms with van der Waals surface area (Å²) in [5.74, 6) is -1.10. The summed E-state index contributed by atoms with van der Waals surface area (Å²) in [6.45, 7) is 1.93. The Hall–Kier alpha value is -3.22. The second-order valence-corrected chi connectivity index (χ2v) is 10.8. The van der Waals surface area contributed by atoms with Crippen LogP contribution in [0.15, 0.2) is 53.4 Å². The number of aromatic nitrogens is 3.